The molecule has 3 nitrogen and oxygen atoms in total. The zero-order chi connectivity index (χ0) is 18.4. The Morgan fingerprint density at radius 1 is 1.07 bits per heavy atom. The van der Waals surface area contributed by atoms with E-state index in [1.807, 2.05) is 11.0 Å². The van der Waals surface area contributed by atoms with Gasteiger partial charge in [0.05, 0.1) is 4.88 Å². The number of rotatable bonds is 2. The first kappa shape index (κ1) is 16.9. The minimum Gasteiger partial charge on any atom is -0.336 e. The van der Waals surface area contributed by atoms with Gasteiger partial charge in [-0.15, -0.1) is 11.3 Å². The fourth-order valence-corrected chi connectivity index (χ4v) is 5.34. The minimum atomic E-state index is -0.258. The molecule has 0 N–H and O–H groups in total. The van der Waals surface area contributed by atoms with E-state index in [-0.39, 0.29) is 11.7 Å². The number of hydrogen-bond donors (Lipinski definition) is 0. The highest BCUT2D eigenvalue weighted by atomic mass is 32.1. The molecule has 0 spiro atoms. The summed E-state index contributed by atoms with van der Waals surface area (Å²) in [5.41, 5.74) is 2.87. The molecule has 5 rings (SSSR count). The molecule has 1 fully saturated rings. The average molecular weight is 380 g/mol. The zero-order valence-electron chi connectivity index (χ0n) is 15.0. The quantitative estimate of drug-likeness (QED) is 0.661. The van der Waals surface area contributed by atoms with Crippen molar-refractivity contribution in [2.75, 3.05) is 19.6 Å². The van der Waals surface area contributed by atoms with Crippen LogP contribution in [-0.4, -0.2) is 41.4 Å². The summed E-state index contributed by atoms with van der Waals surface area (Å²) < 4.78 is 14.4. The summed E-state index contributed by atoms with van der Waals surface area (Å²) in [6.07, 6.45) is 2.11. The first-order chi connectivity index (χ1) is 13.2. The lowest BCUT2D eigenvalue weighted by atomic mass is 9.98. The predicted molar refractivity (Wildman–Crippen MR) is 107 cm³/mol. The van der Waals surface area contributed by atoms with E-state index in [0.29, 0.717) is 10.9 Å². The summed E-state index contributed by atoms with van der Waals surface area (Å²) in [7, 11) is 0. The Labute approximate surface area is 162 Å². The molecule has 138 valence electrons. The molecule has 2 aliphatic heterocycles. The SMILES string of the molecule is O=C(c1cc2cc(F)ccc2s1)N1CC[C@H](N2CCc3ccccc3C2)C1. The molecule has 5 heteroatoms. The van der Waals surface area contributed by atoms with Gasteiger partial charge in [0, 0.05) is 36.9 Å². The molecular formula is C22H21FN2OS. The molecule has 0 saturated carbocycles. The molecule has 0 bridgehead atoms. The minimum absolute atomic E-state index is 0.0801. The van der Waals surface area contributed by atoms with Crippen LogP contribution in [0.1, 0.15) is 27.2 Å². The highest BCUT2D eigenvalue weighted by Crippen LogP contribution is 2.30. The van der Waals surface area contributed by atoms with Crippen molar-refractivity contribution in [3.8, 4) is 0 Å². The smallest absolute Gasteiger partial charge is 0.264 e. The number of thiophene rings is 1. The van der Waals surface area contributed by atoms with E-state index in [4.69, 9.17) is 0 Å². The second-order valence-electron chi connectivity index (χ2n) is 7.48. The molecule has 2 aliphatic rings. The number of hydrogen-bond acceptors (Lipinski definition) is 3. The van der Waals surface area contributed by atoms with Gasteiger partial charge in [-0.2, -0.15) is 0 Å². The fraction of sp³-hybridized carbons (Fsp3) is 0.318. The van der Waals surface area contributed by atoms with Crippen LogP contribution in [0.25, 0.3) is 10.1 Å². The molecule has 1 saturated heterocycles. The molecule has 0 aliphatic carbocycles. The topological polar surface area (TPSA) is 23.6 Å². The number of carbonyl (C=O) groups excluding carboxylic acids is 1. The lowest BCUT2D eigenvalue weighted by Gasteiger charge is -2.33. The number of likely N-dealkylation sites (tertiary alicyclic amines) is 1. The van der Waals surface area contributed by atoms with Crippen molar-refractivity contribution in [1.82, 2.24) is 9.80 Å². The third-order valence-corrected chi connectivity index (χ3v) is 6.92. The molecule has 3 heterocycles. The summed E-state index contributed by atoms with van der Waals surface area (Å²) in [6.45, 7) is 3.62. The molecule has 3 aromatic rings. The third-order valence-electron chi connectivity index (χ3n) is 5.82. The van der Waals surface area contributed by atoms with Crippen LogP contribution in [0.15, 0.2) is 48.5 Å². The van der Waals surface area contributed by atoms with Crippen LogP contribution >= 0.6 is 11.3 Å². The Hall–Kier alpha value is -2.24. The molecule has 0 unspecified atom stereocenters. The van der Waals surface area contributed by atoms with Gasteiger partial charge in [-0.05, 0) is 53.6 Å². The van der Waals surface area contributed by atoms with E-state index in [0.717, 1.165) is 49.1 Å². The monoisotopic (exact) mass is 380 g/mol. The highest BCUT2D eigenvalue weighted by Gasteiger charge is 2.32. The van der Waals surface area contributed by atoms with Crippen LogP contribution in [0.2, 0.25) is 0 Å². The molecule has 1 atom stereocenters. The zero-order valence-corrected chi connectivity index (χ0v) is 15.8. The van der Waals surface area contributed by atoms with Crippen molar-refractivity contribution < 1.29 is 9.18 Å². The van der Waals surface area contributed by atoms with Crippen LogP contribution < -0.4 is 0 Å². The van der Waals surface area contributed by atoms with Crippen molar-refractivity contribution in [3.63, 3.8) is 0 Å². The Kier molecular flexibility index (Phi) is 4.21. The van der Waals surface area contributed by atoms with Gasteiger partial charge < -0.3 is 4.90 Å². The maximum Gasteiger partial charge on any atom is 0.264 e. The summed E-state index contributed by atoms with van der Waals surface area (Å²) >= 11 is 1.46. The molecule has 2 aromatic carbocycles. The van der Waals surface area contributed by atoms with Crippen molar-refractivity contribution in [3.05, 3.63) is 70.4 Å². The number of carbonyl (C=O) groups is 1. The number of amides is 1. The number of nitrogens with zero attached hydrogens (tertiary/aromatic N) is 2. The van der Waals surface area contributed by atoms with Crippen LogP contribution in [0, 0.1) is 5.82 Å². The molecule has 27 heavy (non-hydrogen) atoms. The Bertz CT molecular complexity index is 1010. The summed E-state index contributed by atoms with van der Waals surface area (Å²) in [4.78, 5) is 18.1. The first-order valence-corrected chi connectivity index (χ1v) is 10.3. The van der Waals surface area contributed by atoms with E-state index in [1.54, 1.807) is 6.07 Å². The largest absolute Gasteiger partial charge is 0.336 e. The van der Waals surface area contributed by atoms with E-state index in [1.165, 1.54) is 34.6 Å². The molecular weight excluding hydrogens is 359 g/mol. The predicted octanol–water partition coefficient (Wildman–Crippen LogP) is 4.31. The number of benzene rings is 2. The van der Waals surface area contributed by atoms with Crippen molar-refractivity contribution >= 4 is 27.3 Å². The summed E-state index contributed by atoms with van der Waals surface area (Å²) in [6, 6.07) is 15.6. The Morgan fingerprint density at radius 2 is 1.93 bits per heavy atom. The Morgan fingerprint density at radius 3 is 2.81 bits per heavy atom. The third kappa shape index (κ3) is 3.15. The van der Waals surface area contributed by atoms with Crippen LogP contribution in [0.5, 0.6) is 0 Å². The van der Waals surface area contributed by atoms with Gasteiger partial charge in [-0.1, -0.05) is 24.3 Å². The van der Waals surface area contributed by atoms with E-state index in [2.05, 4.69) is 29.2 Å². The standard InChI is InChI=1S/C22H21FN2OS/c23-18-5-6-20-17(11-18)12-21(27-20)22(26)25-10-8-19(14-25)24-9-7-15-3-1-2-4-16(15)13-24/h1-6,11-12,19H,7-10,13-14H2/t19-/m0/s1. The van der Waals surface area contributed by atoms with Crippen molar-refractivity contribution in [2.45, 2.75) is 25.4 Å². The van der Waals surface area contributed by atoms with Gasteiger partial charge in [0.25, 0.3) is 5.91 Å². The number of halogens is 1. The van der Waals surface area contributed by atoms with Gasteiger partial charge in [0.2, 0.25) is 0 Å². The maximum atomic E-state index is 13.4. The van der Waals surface area contributed by atoms with Crippen molar-refractivity contribution in [1.29, 1.82) is 0 Å². The lowest BCUT2D eigenvalue weighted by Crippen LogP contribution is -2.41. The van der Waals surface area contributed by atoms with Gasteiger partial charge >= 0.3 is 0 Å². The summed E-state index contributed by atoms with van der Waals surface area (Å²) in [5.74, 6) is -0.178. The second kappa shape index (κ2) is 6.73. The van der Waals surface area contributed by atoms with Crippen LogP contribution in [-0.2, 0) is 13.0 Å². The second-order valence-corrected chi connectivity index (χ2v) is 8.56. The van der Waals surface area contributed by atoms with Gasteiger partial charge in [0.1, 0.15) is 5.82 Å². The Balaban J connectivity index is 1.29. The lowest BCUT2D eigenvalue weighted by molar-refractivity contribution is 0.0778. The molecule has 1 aromatic heterocycles. The van der Waals surface area contributed by atoms with Gasteiger partial charge in [-0.25, -0.2) is 4.39 Å². The van der Waals surface area contributed by atoms with Gasteiger partial charge in [0.15, 0.2) is 0 Å². The average Bonchev–Trinajstić information content (AvgIpc) is 3.34. The number of fused-ring (bicyclic) bond motifs is 2. The maximum absolute atomic E-state index is 13.4. The van der Waals surface area contributed by atoms with Crippen molar-refractivity contribution in [2.24, 2.45) is 0 Å². The van der Waals surface area contributed by atoms with Crippen LogP contribution in [0.3, 0.4) is 0 Å². The van der Waals surface area contributed by atoms with E-state index < -0.39 is 0 Å². The van der Waals surface area contributed by atoms with Crippen LogP contribution in [0.4, 0.5) is 4.39 Å². The van der Waals surface area contributed by atoms with Gasteiger partial charge in [-0.3, -0.25) is 9.69 Å². The highest BCUT2D eigenvalue weighted by molar-refractivity contribution is 7.20. The molecule has 1 amide bonds. The molecule has 0 radical (unpaired) electrons. The van der Waals surface area contributed by atoms with E-state index >= 15 is 0 Å². The van der Waals surface area contributed by atoms with E-state index in [9.17, 15) is 9.18 Å². The normalized spacial score (nSPS) is 20.2. The first-order valence-electron chi connectivity index (χ1n) is 9.46. The summed E-state index contributed by atoms with van der Waals surface area (Å²) in [5, 5.41) is 0.812. The fourth-order valence-electron chi connectivity index (χ4n) is 4.33.